The molecule has 0 aromatic heterocycles. The van der Waals surface area contributed by atoms with Crippen LogP contribution in [0.15, 0.2) is 22.7 Å². The maximum Gasteiger partial charge on any atom is 0.227 e. The molecule has 5 heteroatoms. The second kappa shape index (κ2) is 5.28. The molecule has 1 aromatic carbocycles. The van der Waals surface area contributed by atoms with E-state index in [9.17, 15) is 4.79 Å². The Kier molecular flexibility index (Phi) is 3.92. The van der Waals surface area contributed by atoms with Crippen LogP contribution in [0.5, 0.6) is 5.75 Å². The molecule has 0 aliphatic heterocycles. The van der Waals surface area contributed by atoms with Gasteiger partial charge >= 0.3 is 0 Å². The molecule has 1 aliphatic carbocycles. The number of carbonyl (C=O) groups is 1. The molecule has 0 radical (unpaired) electrons. The van der Waals surface area contributed by atoms with Crippen LogP contribution in [0.1, 0.15) is 18.4 Å². The predicted molar refractivity (Wildman–Crippen MR) is 73.3 cm³/mol. The van der Waals surface area contributed by atoms with E-state index < -0.39 is 0 Å². The molecule has 18 heavy (non-hydrogen) atoms. The van der Waals surface area contributed by atoms with Gasteiger partial charge in [-0.2, -0.15) is 0 Å². The first-order chi connectivity index (χ1) is 8.61. The molecule has 1 saturated carbocycles. The van der Waals surface area contributed by atoms with Crippen molar-refractivity contribution in [1.82, 2.24) is 5.32 Å². The van der Waals surface area contributed by atoms with E-state index in [1.54, 1.807) is 7.11 Å². The van der Waals surface area contributed by atoms with Crippen molar-refractivity contribution in [1.29, 1.82) is 0 Å². The van der Waals surface area contributed by atoms with Gasteiger partial charge in [-0.3, -0.25) is 4.79 Å². The lowest BCUT2D eigenvalue weighted by molar-refractivity contribution is -0.126. The Morgan fingerprint density at radius 2 is 2.28 bits per heavy atom. The summed E-state index contributed by atoms with van der Waals surface area (Å²) in [6, 6.07) is 5.76. The Morgan fingerprint density at radius 1 is 1.56 bits per heavy atom. The molecule has 0 spiro atoms. The van der Waals surface area contributed by atoms with Crippen LogP contribution in [0.4, 0.5) is 0 Å². The largest absolute Gasteiger partial charge is 0.496 e. The molecule has 0 atom stereocenters. The summed E-state index contributed by atoms with van der Waals surface area (Å²) in [6.07, 6.45) is 1.81. The number of nitrogens with one attached hydrogen (secondary N) is 1. The molecule has 1 aromatic rings. The molecular weight excluding hydrogens is 296 g/mol. The van der Waals surface area contributed by atoms with Gasteiger partial charge in [0, 0.05) is 13.1 Å². The molecule has 3 N–H and O–H groups in total. The number of amides is 1. The molecular formula is C13H17BrN2O2. The van der Waals surface area contributed by atoms with Gasteiger partial charge in [-0.1, -0.05) is 6.07 Å². The molecule has 4 nitrogen and oxygen atoms in total. The van der Waals surface area contributed by atoms with Gasteiger partial charge in [-0.05, 0) is 46.5 Å². The fourth-order valence-corrected chi connectivity index (χ4v) is 2.45. The lowest BCUT2D eigenvalue weighted by Gasteiger charge is -2.13. The van der Waals surface area contributed by atoms with E-state index in [0.717, 1.165) is 28.6 Å². The number of carbonyl (C=O) groups excluding carboxylic acids is 1. The number of ether oxygens (including phenoxy) is 1. The minimum atomic E-state index is -0.288. The van der Waals surface area contributed by atoms with Crippen molar-refractivity contribution in [3.05, 3.63) is 28.2 Å². The summed E-state index contributed by atoms with van der Waals surface area (Å²) in [7, 11) is 1.62. The van der Waals surface area contributed by atoms with Crippen LogP contribution in [0.25, 0.3) is 0 Å². The van der Waals surface area contributed by atoms with Crippen LogP contribution in [0.2, 0.25) is 0 Å². The highest BCUT2D eigenvalue weighted by molar-refractivity contribution is 9.10. The summed E-state index contributed by atoms with van der Waals surface area (Å²) in [5.74, 6) is 0.850. The number of hydrogen-bond acceptors (Lipinski definition) is 3. The fourth-order valence-electron chi connectivity index (χ4n) is 1.86. The zero-order chi connectivity index (χ0) is 13.2. The Morgan fingerprint density at radius 3 is 2.78 bits per heavy atom. The van der Waals surface area contributed by atoms with Crippen molar-refractivity contribution in [3.63, 3.8) is 0 Å². The van der Waals surface area contributed by atoms with Gasteiger partial charge in [-0.25, -0.2) is 0 Å². The van der Waals surface area contributed by atoms with Gasteiger partial charge in [0.25, 0.3) is 0 Å². The number of rotatable bonds is 5. The Bertz CT molecular complexity index is 458. The molecule has 0 unspecified atom stereocenters. The summed E-state index contributed by atoms with van der Waals surface area (Å²) in [5.41, 5.74) is 6.36. The van der Waals surface area contributed by atoms with Gasteiger partial charge in [0.15, 0.2) is 0 Å². The highest BCUT2D eigenvalue weighted by Gasteiger charge is 2.48. The van der Waals surface area contributed by atoms with E-state index in [-0.39, 0.29) is 11.3 Å². The summed E-state index contributed by atoms with van der Waals surface area (Å²) < 4.78 is 6.04. The fraction of sp³-hybridized carbons (Fsp3) is 0.462. The minimum Gasteiger partial charge on any atom is -0.496 e. The van der Waals surface area contributed by atoms with E-state index >= 15 is 0 Å². The average molecular weight is 313 g/mol. The van der Waals surface area contributed by atoms with E-state index in [0.29, 0.717) is 13.1 Å². The van der Waals surface area contributed by atoms with Crippen molar-refractivity contribution in [2.24, 2.45) is 11.1 Å². The third-order valence-corrected chi connectivity index (χ3v) is 4.01. The zero-order valence-electron chi connectivity index (χ0n) is 10.3. The number of benzene rings is 1. The number of hydrogen-bond donors (Lipinski definition) is 2. The lowest BCUT2D eigenvalue weighted by atomic mass is 10.1. The Balaban J connectivity index is 1.94. The van der Waals surface area contributed by atoms with Crippen LogP contribution in [0.3, 0.4) is 0 Å². The molecule has 98 valence electrons. The third-order valence-electron chi connectivity index (χ3n) is 3.40. The maximum absolute atomic E-state index is 11.9. The average Bonchev–Trinajstić information content (AvgIpc) is 3.17. The molecule has 0 bridgehead atoms. The van der Waals surface area contributed by atoms with Crippen molar-refractivity contribution in [2.75, 3.05) is 13.7 Å². The normalized spacial score (nSPS) is 16.2. The molecule has 1 fully saturated rings. The van der Waals surface area contributed by atoms with E-state index in [2.05, 4.69) is 21.2 Å². The molecule has 0 saturated heterocycles. The summed E-state index contributed by atoms with van der Waals surface area (Å²) in [6.45, 7) is 0.953. The molecule has 1 amide bonds. The third kappa shape index (κ3) is 2.67. The van der Waals surface area contributed by atoms with Crippen molar-refractivity contribution >= 4 is 21.8 Å². The van der Waals surface area contributed by atoms with Crippen LogP contribution < -0.4 is 15.8 Å². The van der Waals surface area contributed by atoms with Gasteiger partial charge in [0.2, 0.25) is 5.91 Å². The summed E-state index contributed by atoms with van der Waals surface area (Å²) in [4.78, 5) is 11.9. The summed E-state index contributed by atoms with van der Waals surface area (Å²) >= 11 is 3.42. The van der Waals surface area contributed by atoms with Crippen LogP contribution in [-0.4, -0.2) is 19.6 Å². The SMILES string of the molecule is COc1ccc(CNC(=O)C2(CN)CC2)cc1Br. The van der Waals surface area contributed by atoms with Crippen molar-refractivity contribution < 1.29 is 9.53 Å². The van der Waals surface area contributed by atoms with E-state index in [1.165, 1.54) is 0 Å². The number of nitrogens with two attached hydrogens (primary N) is 1. The van der Waals surface area contributed by atoms with Gasteiger partial charge in [0.1, 0.15) is 5.75 Å². The first-order valence-electron chi connectivity index (χ1n) is 5.92. The van der Waals surface area contributed by atoms with Crippen LogP contribution >= 0.6 is 15.9 Å². The monoisotopic (exact) mass is 312 g/mol. The molecule has 2 rings (SSSR count). The van der Waals surface area contributed by atoms with Crippen LogP contribution in [0, 0.1) is 5.41 Å². The zero-order valence-corrected chi connectivity index (χ0v) is 11.9. The first kappa shape index (κ1) is 13.4. The lowest BCUT2D eigenvalue weighted by Crippen LogP contribution is -2.36. The van der Waals surface area contributed by atoms with E-state index in [1.807, 2.05) is 18.2 Å². The van der Waals surface area contributed by atoms with Gasteiger partial charge < -0.3 is 15.8 Å². The topological polar surface area (TPSA) is 64.3 Å². The highest BCUT2D eigenvalue weighted by atomic mass is 79.9. The second-order valence-electron chi connectivity index (χ2n) is 4.64. The second-order valence-corrected chi connectivity index (χ2v) is 5.49. The Hall–Kier alpha value is -1.07. The quantitative estimate of drug-likeness (QED) is 0.871. The summed E-state index contributed by atoms with van der Waals surface area (Å²) in [5, 5.41) is 2.94. The molecule has 0 heterocycles. The predicted octanol–water partition coefficient (Wildman–Crippen LogP) is 1.81. The minimum absolute atomic E-state index is 0.0666. The van der Waals surface area contributed by atoms with E-state index in [4.69, 9.17) is 10.5 Å². The highest BCUT2D eigenvalue weighted by Crippen LogP contribution is 2.44. The van der Waals surface area contributed by atoms with Crippen LogP contribution in [-0.2, 0) is 11.3 Å². The standard InChI is InChI=1S/C13H17BrN2O2/c1-18-11-3-2-9(6-10(11)14)7-16-12(17)13(8-15)4-5-13/h2-3,6H,4-5,7-8,15H2,1H3,(H,16,17). The van der Waals surface area contributed by atoms with Gasteiger partial charge in [0.05, 0.1) is 17.0 Å². The van der Waals surface area contributed by atoms with Crippen molar-refractivity contribution in [2.45, 2.75) is 19.4 Å². The number of methoxy groups -OCH3 is 1. The first-order valence-corrected chi connectivity index (χ1v) is 6.71. The molecule has 1 aliphatic rings. The number of halogens is 1. The van der Waals surface area contributed by atoms with Crippen molar-refractivity contribution in [3.8, 4) is 5.75 Å². The smallest absolute Gasteiger partial charge is 0.227 e. The maximum atomic E-state index is 11.9. The Labute approximate surface area is 115 Å². The van der Waals surface area contributed by atoms with Gasteiger partial charge in [-0.15, -0.1) is 0 Å².